The Hall–Kier alpha value is -1.51. The molecule has 98 valence electrons. The molecule has 3 nitrogen and oxygen atoms in total. The first-order valence-corrected chi connectivity index (χ1v) is 6.81. The van der Waals surface area contributed by atoms with Gasteiger partial charge in [0.1, 0.15) is 0 Å². The van der Waals surface area contributed by atoms with E-state index in [0.29, 0.717) is 12.1 Å². The van der Waals surface area contributed by atoms with Crippen LogP contribution in [0.1, 0.15) is 44.1 Å². The third kappa shape index (κ3) is 3.49. The quantitative estimate of drug-likeness (QED) is 0.799. The van der Waals surface area contributed by atoms with E-state index in [9.17, 15) is 4.79 Å². The normalized spacial score (nSPS) is 15.8. The highest BCUT2D eigenvalue weighted by atomic mass is 16.1. The zero-order valence-corrected chi connectivity index (χ0v) is 11.0. The Morgan fingerprint density at radius 3 is 2.83 bits per heavy atom. The van der Waals surface area contributed by atoms with Crippen molar-refractivity contribution in [1.29, 1.82) is 0 Å². The van der Waals surface area contributed by atoms with E-state index in [1.165, 1.54) is 25.7 Å². The average Bonchev–Trinajstić information content (AvgIpc) is 2.84. The summed E-state index contributed by atoms with van der Waals surface area (Å²) in [7, 11) is 0. The highest BCUT2D eigenvalue weighted by molar-refractivity contribution is 5.93. The van der Waals surface area contributed by atoms with Crippen LogP contribution >= 0.6 is 0 Å². The Labute approximate surface area is 109 Å². The van der Waals surface area contributed by atoms with Crippen molar-refractivity contribution >= 4 is 17.3 Å². The Balaban J connectivity index is 1.84. The molecule has 1 amide bonds. The highest BCUT2D eigenvalue weighted by Crippen LogP contribution is 2.28. The number of carbonyl (C=O) groups excluding carboxylic acids is 1. The summed E-state index contributed by atoms with van der Waals surface area (Å²) in [5, 5.41) is 2.91. The molecule has 1 aliphatic rings. The zero-order chi connectivity index (χ0) is 13.0. The van der Waals surface area contributed by atoms with Crippen molar-refractivity contribution in [3.05, 3.63) is 23.8 Å². The van der Waals surface area contributed by atoms with Crippen molar-refractivity contribution in [2.45, 2.75) is 45.4 Å². The Bertz CT molecular complexity index is 423. The number of benzene rings is 1. The molecule has 0 aromatic heterocycles. The fourth-order valence-corrected chi connectivity index (χ4v) is 2.63. The standard InChI is InChI=1S/C15H22N2O/c1-11-6-8-13(16)14(10-11)17-15(18)9-7-12-4-2-3-5-12/h6,8,10,12H,2-5,7,9,16H2,1H3,(H,17,18). The zero-order valence-electron chi connectivity index (χ0n) is 11.0. The van der Waals surface area contributed by atoms with Crippen LogP contribution in [0, 0.1) is 12.8 Å². The number of nitrogens with one attached hydrogen (secondary N) is 1. The van der Waals surface area contributed by atoms with Crippen molar-refractivity contribution in [2.75, 3.05) is 11.1 Å². The van der Waals surface area contributed by atoms with Crippen LogP contribution in [-0.2, 0) is 4.79 Å². The van der Waals surface area contributed by atoms with Gasteiger partial charge < -0.3 is 11.1 Å². The summed E-state index contributed by atoms with van der Waals surface area (Å²) >= 11 is 0. The first kappa shape index (κ1) is 12.9. The molecule has 1 aromatic rings. The molecular formula is C15H22N2O. The van der Waals surface area contributed by atoms with E-state index in [2.05, 4.69) is 5.32 Å². The van der Waals surface area contributed by atoms with Crippen molar-refractivity contribution in [1.82, 2.24) is 0 Å². The van der Waals surface area contributed by atoms with Gasteiger partial charge in [-0.3, -0.25) is 4.79 Å². The van der Waals surface area contributed by atoms with Crippen molar-refractivity contribution in [3.63, 3.8) is 0 Å². The summed E-state index contributed by atoms with van der Waals surface area (Å²) in [5.41, 5.74) is 8.32. The summed E-state index contributed by atoms with van der Waals surface area (Å²) in [6, 6.07) is 5.70. The van der Waals surface area contributed by atoms with Gasteiger partial charge in [-0.15, -0.1) is 0 Å². The molecule has 3 N–H and O–H groups in total. The van der Waals surface area contributed by atoms with Crippen molar-refractivity contribution in [3.8, 4) is 0 Å². The average molecular weight is 246 g/mol. The number of carbonyl (C=O) groups is 1. The minimum absolute atomic E-state index is 0.0826. The molecule has 2 rings (SSSR count). The third-order valence-electron chi connectivity index (χ3n) is 3.74. The van der Waals surface area contributed by atoms with E-state index in [0.717, 1.165) is 23.6 Å². The number of nitrogen functional groups attached to an aromatic ring is 1. The molecule has 0 heterocycles. The van der Waals surface area contributed by atoms with Crippen LogP contribution in [0.4, 0.5) is 11.4 Å². The van der Waals surface area contributed by atoms with E-state index in [-0.39, 0.29) is 5.91 Å². The van der Waals surface area contributed by atoms with Gasteiger partial charge >= 0.3 is 0 Å². The van der Waals surface area contributed by atoms with Crippen LogP contribution in [0.5, 0.6) is 0 Å². The van der Waals surface area contributed by atoms with E-state index in [1.807, 2.05) is 25.1 Å². The van der Waals surface area contributed by atoms with E-state index in [1.54, 1.807) is 0 Å². The molecule has 1 aliphatic carbocycles. The highest BCUT2D eigenvalue weighted by Gasteiger charge is 2.16. The van der Waals surface area contributed by atoms with Crippen molar-refractivity contribution < 1.29 is 4.79 Å². The molecule has 0 saturated heterocycles. The predicted octanol–water partition coefficient (Wildman–Crippen LogP) is 3.49. The first-order chi connectivity index (χ1) is 8.65. The van der Waals surface area contributed by atoms with Gasteiger partial charge in [0.05, 0.1) is 11.4 Å². The van der Waals surface area contributed by atoms with Crippen LogP contribution in [0.15, 0.2) is 18.2 Å². The second-order valence-electron chi connectivity index (χ2n) is 5.33. The largest absolute Gasteiger partial charge is 0.397 e. The Morgan fingerprint density at radius 1 is 1.39 bits per heavy atom. The molecule has 3 heteroatoms. The van der Waals surface area contributed by atoms with Crippen LogP contribution in [0.25, 0.3) is 0 Å². The summed E-state index contributed by atoms with van der Waals surface area (Å²) in [4.78, 5) is 11.9. The number of nitrogens with two attached hydrogens (primary N) is 1. The monoisotopic (exact) mass is 246 g/mol. The van der Waals surface area contributed by atoms with Gasteiger partial charge in [-0.25, -0.2) is 0 Å². The Kier molecular flexibility index (Phi) is 4.24. The summed E-state index contributed by atoms with van der Waals surface area (Å²) in [6.07, 6.45) is 6.86. The SMILES string of the molecule is Cc1ccc(N)c(NC(=O)CCC2CCCC2)c1. The lowest BCUT2D eigenvalue weighted by molar-refractivity contribution is -0.116. The topological polar surface area (TPSA) is 55.1 Å². The maximum atomic E-state index is 11.9. The minimum atomic E-state index is 0.0826. The van der Waals surface area contributed by atoms with Crippen LogP contribution in [0.2, 0.25) is 0 Å². The minimum Gasteiger partial charge on any atom is -0.397 e. The summed E-state index contributed by atoms with van der Waals surface area (Å²) < 4.78 is 0. The molecule has 18 heavy (non-hydrogen) atoms. The molecule has 1 aromatic carbocycles. The number of hydrogen-bond acceptors (Lipinski definition) is 2. The maximum Gasteiger partial charge on any atom is 0.224 e. The second-order valence-corrected chi connectivity index (χ2v) is 5.33. The lowest BCUT2D eigenvalue weighted by Gasteiger charge is -2.11. The second kappa shape index (κ2) is 5.89. The molecule has 0 bridgehead atoms. The number of hydrogen-bond donors (Lipinski definition) is 2. The first-order valence-electron chi connectivity index (χ1n) is 6.81. The molecule has 1 fully saturated rings. The third-order valence-corrected chi connectivity index (χ3v) is 3.74. The molecule has 0 radical (unpaired) electrons. The predicted molar refractivity (Wildman–Crippen MR) is 75.4 cm³/mol. The molecular weight excluding hydrogens is 224 g/mol. The number of rotatable bonds is 4. The number of anilines is 2. The van der Waals surface area contributed by atoms with Gasteiger partial charge in [-0.1, -0.05) is 31.7 Å². The number of aryl methyl sites for hydroxylation is 1. The van der Waals surface area contributed by atoms with Crippen LogP contribution in [-0.4, -0.2) is 5.91 Å². The maximum absolute atomic E-state index is 11.9. The smallest absolute Gasteiger partial charge is 0.224 e. The Morgan fingerprint density at radius 2 is 2.11 bits per heavy atom. The van der Waals surface area contributed by atoms with Gasteiger partial charge in [0, 0.05) is 6.42 Å². The lowest BCUT2D eigenvalue weighted by atomic mass is 10.0. The van der Waals surface area contributed by atoms with Gasteiger partial charge in [-0.2, -0.15) is 0 Å². The van der Waals surface area contributed by atoms with Gasteiger partial charge in [0.15, 0.2) is 0 Å². The summed E-state index contributed by atoms with van der Waals surface area (Å²) in [5.74, 6) is 0.838. The van der Waals surface area contributed by atoms with Gasteiger partial charge in [0.25, 0.3) is 0 Å². The van der Waals surface area contributed by atoms with Gasteiger partial charge in [0.2, 0.25) is 5.91 Å². The van der Waals surface area contributed by atoms with Crippen LogP contribution in [0.3, 0.4) is 0 Å². The molecule has 0 atom stereocenters. The molecule has 0 spiro atoms. The molecule has 0 unspecified atom stereocenters. The lowest BCUT2D eigenvalue weighted by Crippen LogP contribution is -2.14. The fraction of sp³-hybridized carbons (Fsp3) is 0.533. The molecule has 0 aliphatic heterocycles. The van der Waals surface area contributed by atoms with Crippen LogP contribution < -0.4 is 11.1 Å². The van der Waals surface area contributed by atoms with Crippen molar-refractivity contribution in [2.24, 2.45) is 5.92 Å². The van der Waals surface area contributed by atoms with E-state index < -0.39 is 0 Å². The number of amides is 1. The van der Waals surface area contributed by atoms with E-state index in [4.69, 9.17) is 5.73 Å². The van der Waals surface area contributed by atoms with E-state index >= 15 is 0 Å². The summed E-state index contributed by atoms with van der Waals surface area (Å²) in [6.45, 7) is 1.99. The fourth-order valence-electron chi connectivity index (χ4n) is 2.63. The molecule has 1 saturated carbocycles. The van der Waals surface area contributed by atoms with Gasteiger partial charge in [-0.05, 0) is 37.0 Å².